The molecular weight excluding hydrogens is 348 g/mol. The number of ether oxygens (including phenoxy) is 2. The molecule has 1 heterocycles. The molecule has 3 aromatic rings. The van der Waals surface area contributed by atoms with Gasteiger partial charge in [-0.1, -0.05) is 18.2 Å². The monoisotopic (exact) mass is 370 g/mol. The number of amides is 1. The predicted octanol–water partition coefficient (Wildman–Crippen LogP) is 4.08. The van der Waals surface area contributed by atoms with Crippen LogP contribution in [0.25, 0.3) is 10.2 Å². The first-order valence-corrected chi connectivity index (χ1v) is 9.17. The number of hydrogen-bond donors (Lipinski definition) is 0. The first-order valence-electron chi connectivity index (χ1n) is 8.35. The van der Waals surface area contributed by atoms with Crippen LogP contribution in [-0.4, -0.2) is 37.1 Å². The van der Waals surface area contributed by atoms with E-state index in [1.54, 1.807) is 30.5 Å². The first-order chi connectivity index (χ1) is 12.5. The van der Waals surface area contributed by atoms with E-state index in [0.717, 1.165) is 20.8 Å². The van der Waals surface area contributed by atoms with Crippen LogP contribution >= 0.6 is 11.3 Å². The highest BCUT2D eigenvalue weighted by Gasteiger charge is 2.21. The SMILES string of the molecule is COc1ccc(CC(=O)N(C)[C@@H](C)c2nc3ccccc3s2)cc1OC. The maximum atomic E-state index is 12.7. The molecule has 3 rings (SSSR count). The molecule has 1 aromatic heterocycles. The zero-order chi connectivity index (χ0) is 18.7. The molecule has 0 spiro atoms. The van der Waals surface area contributed by atoms with Gasteiger partial charge < -0.3 is 14.4 Å². The molecule has 0 aliphatic carbocycles. The molecule has 0 aliphatic heterocycles. The molecule has 6 heteroatoms. The largest absolute Gasteiger partial charge is 0.493 e. The molecule has 136 valence electrons. The second-order valence-corrected chi connectivity index (χ2v) is 7.13. The number of para-hydroxylation sites is 1. The number of hydrogen-bond acceptors (Lipinski definition) is 5. The Morgan fingerprint density at radius 2 is 1.88 bits per heavy atom. The second kappa shape index (κ2) is 7.74. The molecule has 0 N–H and O–H groups in total. The third-order valence-electron chi connectivity index (χ3n) is 4.45. The van der Waals surface area contributed by atoms with E-state index in [9.17, 15) is 4.79 Å². The molecule has 1 amide bonds. The average molecular weight is 370 g/mol. The van der Waals surface area contributed by atoms with E-state index in [1.807, 2.05) is 50.4 Å². The Morgan fingerprint density at radius 3 is 2.58 bits per heavy atom. The van der Waals surface area contributed by atoms with Gasteiger partial charge in [-0.15, -0.1) is 11.3 Å². The van der Waals surface area contributed by atoms with Gasteiger partial charge in [-0.25, -0.2) is 4.98 Å². The molecule has 0 bridgehead atoms. The van der Waals surface area contributed by atoms with Crippen molar-refractivity contribution in [2.75, 3.05) is 21.3 Å². The van der Waals surface area contributed by atoms with E-state index in [2.05, 4.69) is 11.1 Å². The summed E-state index contributed by atoms with van der Waals surface area (Å²) < 4.78 is 11.7. The Kier molecular flexibility index (Phi) is 5.42. The lowest BCUT2D eigenvalue weighted by Crippen LogP contribution is -2.30. The van der Waals surface area contributed by atoms with Gasteiger partial charge >= 0.3 is 0 Å². The second-order valence-electron chi connectivity index (χ2n) is 6.07. The number of carbonyl (C=O) groups excluding carboxylic acids is 1. The topological polar surface area (TPSA) is 51.7 Å². The molecule has 26 heavy (non-hydrogen) atoms. The average Bonchev–Trinajstić information content (AvgIpc) is 3.10. The number of fused-ring (bicyclic) bond motifs is 1. The van der Waals surface area contributed by atoms with E-state index in [4.69, 9.17) is 9.47 Å². The molecule has 5 nitrogen and oxygen atoms in total. The minimum atomic E-state index is -0.0833. The van der Waals surface area contributed by atoms with E-state index >= 15 is 0 Å². The fourth-order valence-electron chi connectivity index (χ4n) is 2.74. The number of nitrogens with zero attached hydrogens (tertiary/aromatic N) is 2. The minimum Gasteiger partial charge on any atom is -0.493 e. The zero-order valence-corrected chi connectivity index (χ0v) is 16.2. The van der Waals surface area contributed by atoms with Crippen molar-refractivity contribution >= 4 is 27.5 Å². The van der Waals surface area contributed by atoms with E-state index in [0.29, 0.717) is 17.9 Å². The third kappa shape index (κ3) is 3.65. The van der Waals surface area contributed by atoms with Gasteiger partial charge in [0.1, 0.15) is 5.01 Å². The standard InChI is InChI=1S/C20H22N2O3S/c1-13(20-21-15-7-5-6-8-18(15)26-20)22(2)19(23)12-14-9-10-16(24-3)17(11-14)25-4/h5-11,13H,12H2,1-4H3/t13-/m0/s1. The molecule has 0 saturated heterocycles. The summed E-state index contributed by atoms with van der Waals surface area (Å²) >= 11 is 1.63. The van der Waals surface area contributed by atoms with Crippen LogP contribution < -0.4 is 9.47 Å². The maximum absolute atomic E-state index is 12.7. The summed E-state index contributed by atoms with van der Waals surface area (Å²) in [6.07, 6.45) is 0.298. The molecule has 0 saturated carbocycles. The summed E-state index contributed by atoms with van der Waals surface area (Å²) in [7, 11) is 5.00. The lowest BCUT2D eigenvalue weighted by atomic mass is 10.1. The van der Waals surface area contributed by atoms with Crippen molar-refractivity contribution in [2.24, 2.45) is 0 Å². The van der Waals surface area contributed by atoms with Crippen molar-refractivity contribution in [3.05, 3.63) is 53.0 Å². The van der Waals surface area contributed by atoms with Crippen molar-refractivity contribution in [1.82, 2.24) is 9.88 Å². The molecular formula is C20H22N2O3S. The number of carbonyl (C=O) groups is 1. The molecule has 0 unspecified atom stereocenters. The van der Waals surface area contributed by atoms with Gasteiger partial charge in [-0.05, 0) is 36.8 Å². The Balaban J connectivity index is 1.74. The van der Waals surface area contributed by atoms with Gasteiger partial charge in [0.15, 0.2) is 11.5 Å². The van der Waals surface area contributed by atoms with Gasteiger partial charge in [0.25, 0.3) is 0 Å². The fourth-order valence-corrected chi connectivity index (χ4v) is 3.80. The lowest BCUT2D eigenvalue weighted by molar-refractivity contribution is -0.131. The fraction of sp³-hybridized carbons (Fsp3) is 0.300. The van der Waals surface area contributed by atoms with Gasteiger partial charge in [-0.3, -0.25) is 4.79 Å². The highest BCUT2D eigenvalue weighted by molar-refractivity contribution is 7.18. The Hall–Kier alpha value is -2.60. The van der Waals surface area contributed by atoms with Gasteiger partial charge in [0, 0.05) is 7.05 Å². The van der Waals surface area contributed by atoms with Crippen LogP contribution in [0.15, 0.2) is 42.5 Å². The number of rotatable bonds is 6. The number of thiazole rings is 1. The van der Waals surface area contributed by atoms with Crippen LogP contribution in [0.3, 0.4) is 0 Å². The van der Waals surface area contributed by atoms with Crippen molar-refractivity contribution in [3.8, 4) is 11.5 Å². The Labute approximate surface area is 157 Å². The van der Waals surface area contributed by atoms with E-state index < -0.39 is 0 Å². The number of likely N-dealkylation sites (N-methyl/N-ethyl adjacent to an activating group) is 1. The highest BCUT2D eigenvalue weighted by Crippen LogP contribution is 2.30. The minimum absolute atomic E-state index is 0.0315. The van der Waals surface area contributed by atoms with Gasteiger partial charge in [0.05, 0.1) is 36.9 Å². The quantitative estimate of drug-likeness (QED) is 0.656. The van der Waals surface area contributed by atoms with Crippen LogP contribution in [0.4, 0.5) is 0 Å². The number of aromatic nitrogens is 1. The van der Waals surface area contributed by atoms with Crippen LogP contribution in [0.5, 0.6) is 11.5 Å². The van der Waals surface area contributed by atoms with E-state index in [1.165, 1.54) is 0 Å². The third-order valence-corrected chi connectivity index (χ3v) is 5.65. The summed E-state index contributed by atoms with van der Waals surface area (Å²) in [5, 5.41) is 0.939. The molecule has 0 aliphatic rings. The lowest BCUT2D eigenvalue weighted by Gasteiger charge is -2.23. The maximum Gasteiger partial charge on any atom is 0.227 e. The Bertz CT molecular complexity index is 889. The normalized spacial score (nSPS) is 12.0. The highest BCUT2D eigenvalue weighted by atomic mass is 32.1. The number of methoxy groups -OCH3 is 2. The zero-order valence-electron chi connectivity index (χ0n) is 15.4. The van der Waals surface area contributed by atoms with Crippen LogP contribution in [0.2, 0.25) is 0 Å². The molecule has 2 aromatic carbocycles. The molecule has 0 fully saturated rings. The first kappa shape index (κ1) is 18.2. The van der Waals surface area contributed by atoms with Crippen LogP contribution in [-0.2, 0) is 11.2 Å². The molecule has 1 atom stereocenters. The summed E-state index contributed by atoms with van der Waals surface area (Å²) in [6.45, 7) is 2.00. The smallest absolute Gasteiger partial charge is 0.227 e. The van der Waals surface area contributed by atoms with Crippen LogP contribution in [0.1, 0.15) is 23.5 Å². The Morgan fingerprint density at radius 1 is 1.15 bits per heavy atom. The number of benzene rings is 2. The van der Waals surface area contributed by atoms with Crippen molar-refractivity contribution in [1.29, 1.82) is 0 Å². The summed E-state index contributed by atoms with van der Waals surface area (Å²) in [4.78, 5) is 19.1. The predicted molar refractivity (Wildman–Crippen MR) is 104 cm³/mol. The van der Waals surface area contributed by atoms with Crippen molar-refractivity contribution in [3.63, 3.8) is 0 Å². The van der Waals surface area contributed by atoms with Gasteiger partial charge in [-0.2, -0.15) is 0 Å². The van der Waals surface area contributed by atoms with Gasteiger partial charge in [0.2, 0.25) is 5.91 Å². The van der Waals surface area contributed by atoms with E-state index in [-0.39, 0.29) is 11.9 Å². The summed E-state index contributed by atoms with van der Waals surface area (Å²) in [5.74, 6) is 1.31. The molecule has 0 radical (unpaired) electrons. The van der Waals surface area contributed by atoms with Crippen molar-refractivity contribution < 1.29 is 14.3 Å². The summed E-state index contributed by atoms with van der Waals surface area (Å²) in [5.41, 5.74) is 1.86. The van der Waals surface area contributed by atoms with Crippen molar-refractivity contribution in [2.45, 2.75) is 19.4 Å². The van der Waals surface area contributed by atoms with Crippen LogP contribution in [0, 0.1) is 0 Å². The summed E-state index contributed by atoms with van der Waals surface area (Å²) in [6, 6.07) is 13.5.